The number of anilines is 2. The molecule has 7 aromatic carbocycles. The van der Waals surface area contributed by atoms with Crippen LogP contribution in [0, 0.1) is 23.7 Å². The summed E-state index contributed by atoms with van der Waals surface area (Å²) >= 11 is 0. The second-order valence-electron chi connectivity index (χ2n) is 29.1. The van der Waals surface area contributed by atoms with Crippen LogP contribution < -0.4 is 46.1 Å². The highest BCUT2D eigenvalue weighted by molar-refractivity contribution is 6.00. The Hall–Kier alpha value is -11.0. The van der Waals surface area contributed by atoms with E-state index in [0.29, 0.717) is 62.3 Å². The van der Waals surface area contributed by atoms with Gasteiger partial charge < -0.3 is 66.1 Å². The van der Waals surface area contributed by atoms with Gasteiger partial charge in [0, 0.05) is 112 Å². The van der Waals surface area contributed by atoms with Crippen LogP contribution in [0.25, 0.3) is 0 Å². The summed E-state index contributed by atoms with van der Waals surface area (Å²) in [4.78, 5) is 89.0. The second kappa shape index (κ2) is 43.6. The Bertz CT molecular complexity index is 4500. The number of carbonyl (C=O) groups excluding carboxylic acids is 7. The summed E-state index contributed by atoms with van der Waals surface area (Å²) in [5, 5.41) is 35.8. The van der Waals surface area contributed by atoms with Gasteiger partial charge in [-0.25, -0.2) is 4.79 Å². The lowest BCUT2D eigenvalue weighted by Crippen LogP contribution is -2.32. The minimum Gasteiger partial charge on any atom is -0.508 e. The summed E-state index contributed by atoms with van der Waals surface area (Å²) in [6.45, 7) is 14.5. The number of hydrogen-bond acceptors (Lipinski definition) is 15. The van der Waals surface area contributed by atoms with Gasteiger partial charge in [-0.3, -0.25) is 33.7 Å². The third-order valence-electron chi connectivity index (χ3n) is 21.1. The molecule has 0 radical (unpaired) electrons. The van der Waals surface area contributed by atoms with Gasteiger partial charge in [0.25, 0.3) is 23.6 Å². The topological polar surface area (TPSA) is 270 Å². The molecule has 0 spiro atoms. The molecule has 0 unspecified atom stereocenters. The molecule has 8 N–H and O–H groups in total. The molecule has 588 valence electrons. The number of likely N-dealkylation sites (tertiary alicyclic amines) is 3. The van der Waals surface area contributed by atoms with E-state index in [2.05, 4.69) is 70.3 Å². The largest absolute Gasteiger partial charge is 0.508 e. The first kappa shape index (κ1) is 82.0. The molecule has 6 amide bonds. The molecule has 21 nitrogen and oxygen atoms in total. The predicted molar refractivity (Wildman–Crippen MR) is 436 cm³/mol. The number of phenols is 2. The summed E-state index contributed by atoms with van der Waals surface area (Å²) in [5.74, 6) is 15.2. The number of esters is 1. The Balaban J connectivity index is 0.000000135. The van der Waals surface area contributed by atoms with Crippen molar-refractivity contribution in [3.05, 3.63) is 206 Å². The monoisotopic (exact) mass is 1520 g/mol. The number of phenolic OH excluding ortho intramolecular Hbond substituents is 2. The van der Waals surface area contributed by atoms with Crippen LogP contribution in [0.4, 0.5) is 11.4 Å². The molecule has 0 aliphatic carbocycles. The zero-order valence-corrected chi connectivity index (χ0v) is 64.5. The number of hydrogen-bond donors (Lipinski definition) is 8. The zero-order valence-electron chi connectivity index (χ0n) is 64.5. The van der Waals surface area contributed by atoms with Crippen molar-refractivity contribution in [1.29, 1.82) is 0 Å². The maximum atomic E-state index is 12.1. The standard InChI is InChI=1S/C19H28N2O2.C19H24N2O.C18H22N2O2.C16H13NO3.C10H11NO2.C9H9NO2/c22-19-17-8-6-10-18(16(17)9-7-11-20-19)23-15-5-4-14-21-12-2-1-3-13-21;22-19-18-10-7-9-16(17(18)11-12-20-19)8-3-1-4-13-21-14-5-2-6-15-21;21-18-16-7-6-8-17(15(16)9-10-19-18)22-14-5-4-13-20-11-2-1-3-12-20;18-15-10-9-12-13(17-15)7-4-8-14(12)20-16(19)11-5-2-1-3-6-11;12-9-5-1-3-8-7(9)4-2-6-11-10(8)13;11-8-3-1-2-7-6(8)4-5-9(12)10-7/h6,8,10H,1-5,7,9,11-15H2,(H,20,22);7,9-10H,1-2,4-6,11-15H2,(H,20,22);6-8H,1-3,9-14H2,(H,19,21);1-8H,9-10H2,(H,17,18);1,3,5,12H,2,4,6H2,(H,11,13);1-3,11H,4-5H2,(H,10,12). The van der Waals surface area contributed by atoms with Crippen LogP contribution in [0.3, 0.4) is 0 Å². The van der Waals surface area contributed by atoms with Crippen LogP contribution in [0.5, 0.6) is 28.7 Å². The van der Waals surface area contributed by atoms with Crippen molar-refractivity contribution >= 4 is 52.8 Å². The van der Waals surface area contributed by atoms with Gasteiger partial charge in [-0.2, -0.15) is 0 Å². The number of fused-ring (bicyclic) bond motifs is 6. The molecule has 3 saturated heterocycles. The number of ether oxygens (including phenoxy) is 3. The van der Waals surface area contributed by atoms with Gasteiger partial charge >= 0.3 is 5.97 Å². The summed E-state index contributed by atoms with van der Waals surface area (Å²) < 4.78 is 17.2. The first-order valence-electron chi connectivity index (χ1n) is 40.3. The Morgan fingerprint density at radius 1 is 0.384 bits per heavy atom. The maximum absolute atomic E-state index is 12.1. The lowest BCUT2D eigenvalue weighted by molar-refractivity contribution is -0.117. The smallest absolute Gasteiger partial charge is 0.343 e. The van der Waals surface area contributed by atoms with Gasteiger partial charge in [0.2, 0.25) is 11.8 Å². The minimum absolute atomic E-state index is 0.0102. The van der Waals surface area contributed by atoms with E-state index < -0.39 is 5.97 Å². The van der Waals surface area contributed by atoms with Crippen molar-refractivity contribution in [3.8, 4) is 52.4 Å². The number of piperidine rings is 3. The van der Waals surface area contributed by atoms with Gasteiger partial charge in [-0.05, 0) is 252 Å². The molecule has 3 fully saturated rings. The van der Waals surface area contributed by atoms with Gasteiger partial charge in [-0.1, -0.05) is 97.5 Å². The van der Waals surface area contributed by atoms with Crippen molar-refractivity contribution < 1.29 is 58.0 Å². The molecule has 16 rings (SSSR count). The van der Waals surface area contributed by atoms with E-state index in [1.54, 1.807) is 72.8 Å². The van der Waals surface area contributed by atoms with Crippen molar-refractivity contribution in [2.75, 3.05) is 109 Å². The number of benzene rings is 7. The Morgan fingerprint density at radius 3 is 1.48 bits per heavy atom. The number of carbonyl (C=O) groups is 7. The lowest BCUT2D eigenvalue weighted by atomic mass is 9.95. The molecule has 9 heterocycles. The number of nitrogens with zero attached hydrogens (tertiary/aromatic N) is 3. The Kier molecular flexibility index (Phi) is 31.9. The van der Waals surface area contributed by atoms with Gasteiger partial charge in [-0.15, -0.1) is 0 Å². The molecule has 0 bridgehead atoms. The molecule has 0 atom stereocenters. The normalized spacial score (nSPS) is 16.8. The fourth-order valence-electron chi connectivity index (χ4n) is 15.1. The molecular weight excluding hydrogens is 1410 g/mol. The van der Waals surface area contributed by atoms with E-state index in [1.807, 2.05) is 66.7 Å². The molecule has 21 heteroatoms. The zero-order chi connectivity index (χ0) is 78.1. The number of unbranched alkanes of at least 4 members (excludes halogenated alkanes) is 2. The summed E-state index contributed by atoms with van der Waals surface area (Å²) in [6, 6.07) is 41.7. The average Bonchev–Trinajstić information content (AvgIpc) is 1.30. The molecule has 9 aliphatic heterocycles. The lowest BCUT2D eigenvalue weighted by Gasteiger charge is -2.26. The minimum atomic E-state index is -0.393. The molecular formula is C91H107N9O12. The molecule has 9 aliphatic rings. The number of nitrogens with one attached hydrogen (secondary N) is 6. The third kappa shape index (κ3) is 24.5. The van der Waals surface area contributed by atoms with E-state index >= 15 is 0 Å². The van der Waals surface area contributed by atoms with Gasteiger partial charge in [0.1, 0.15) is 35.4 Å². The molecule has 0 saturated carbocycles. The highest BCUT2D eigenvalue weighted by atomic mass is 16.5. The van der Waals surface area contributed by atoms with E-state index in [0.717, 1.165) is 176 Å². The quantitative estimate of drug-likeness (QED) is 0.0218. The SMILES string of the molecule is O=C1CCc2c(O)cccc2N1.O=C1CCc2c(cccc2OC(=O)c2ccccc2)N1.O=C1NCCCc2c(O)cccc21.O=C1NCCCc2c(OCCCCN3CCCCC3)cccc21.O=C1NCCc2c(C#CCCCN3CCCCC3)cccc21.O=C1NCCc2c(OCC#CCN3CCCCC3)cccc21. The summed E-state index contributed by atoms with van der Waals surface area (Å²) in [7, 11) is 0. The van der Waals surface area contributed by atoms with Crippen LogP contribution in [-0.4, -0.2) is 165 Å². The van der Waals surface area contributed by atoms with Crippen LogP contribution in [0.2, 0.25) is 0 Å². The van der Waals surface area contributed by atoms with Gasteiger partial charge in [0.15, 0.2) is 0 Å². The van der Waals surface area contributed by atoms with Crippen LogP contribution in [-0.2, 0) is 48.1 Å². The number of rotatable bonds is 14. The highest BCUT2D eigenvalue weighted by Gasteiger charge is 2.25. The fourth-order valence-corrected chi connectivity index (χ4v) is 15.1. The first-order valence-corrected chi connectivity index (χ1v) is 40.3. The third-order valence-corrected chi connectivity index (χ3v) is 21.1. The van der Waals surface area contributed by atoms with Crippen LogP contribution in [0.1, 0.15) is 200 Å². The molecule has 112 heavy (non-hydrogen) atoms. The van der Waals surface area contributed by atoms with Crippen LogP contribution in [0.15, 0.2) is 140 Å². The molecule has 0 aromatic heterocycles. The van der Waals surface area contributed by atoms with Crippen molar-refractivity contribution in [2.24, 2.45) is 0 Å². The van der Waals surface area contributed by atoms with Crippen molar-refractivity contribution in [2.45, 2.75) is 148 Å². The van der Waals surface area contributed by atoms with E-state index in [9.17, 15) is 43.8 Å². The Morgan fingerprint density at radius 2 is 0.857 bits per heavy atom. The van der Waals surface area contributed by atoms with Gasteiger partial charge in [0.05, 0.1) is 18.7 Å². The summed E-state index contributed by atoms with van der Waals surface area (Å²) in [6.07, 6.45) is 23.8. The predicted octanol–water partition coefficient (Wildman–Crippen LogP) is 12.6. The van der Waals surface area contributed by atoms with Crippen molar-refractivity contribution in [1.82, 2.24) is 36.0 Å². The fraction of sp³-hybridized carbons (Fsp3) is 0.418. The number of aromatic hydroxyl groups is 2. The highest BCUT2D eigenvalue weighted by Crippen LogP contribution is 2.34. The van der Waals surface area contributed by atoms with E-state index in [4.69, 9.17) is 14.2 Å². The van der Waals surface area contributed by atoms with Crippen molar-refractivity contribution in [3.63, 3.8) is 0 Å². The van der Waals surface area contributed by atoms with Crippen LogP contribution >= 0.6 is 0 Å². The van der Waals surface area contributed by atoms with E-state index in [-0.39, 0.29) is 46.9 Å². The average molecular weight is 1520 g/mol. The number of amides is 6. The second-order valence-corrected chi connectivity index (χ2v) is 29.1. The first-order chi connectivity index (χ1) is 54.8. The van der Waals surface area contributed by atoms with E-state index in [1.165, 1.54) is 103 Å². The maximum Gasteiger partial charge on any atom is 0.343 e. The summed E-state index contributed by atoms with van der Waals surface area (Å²) in [5.41, 5.74) is 11.6. The Labute approximate surface area is 658 Å². The molecule has 7 aromatic rings.